The van der Waals surface area contributed by atoms with Gasteiger partial charge in [-0.3, -0.25) is 9.36 Å². The standard InChI is InChI=1S/C10H10FN2O4P/c11-6-1-2-8-7(3-6)10(15)13-9(12-8)4-18(16,17)5-14/h1-3,14H,4-5H2,(H,16,17)(H,12,13,15). The lowest BCUT2D eigenvalue weighted by molar-refractivity contribution is 0.332. The summed E-state index contributed by atoms with van der Waals surface area (Å²) in [7, 11) is -3.75. The minimum atomic E-state index is -3.75. The first-order valence-corrected chi connectivity index (χ1v) is 7.04. The number of halogens is 1. The Kier molecular flexibility index (Phi) is 3.30. The van der Waals surface area contributed by atoms with E-state index in [2.05, 4.69) is 9.97 Å². The summed E-state index contributed by atoms with van der Waals surface area (Å²) in [6, 6.07) is 3.49. The van der Waals surface area contributed by atoms with Gasteiger partial charge in [0.05, 0.1) is 17.1 Å². The normalized spacial score (nSPS) is 14.6. The number of aromatic nitrogens is 2. The quantitative estimate of drug-likeness (QED) is 0.716. The maximum atomic E-state index is 12.9. The Morgan fingerprint density at radius 3 is 2.83 bits per heavy atom. The Hall–Kier alpha value is -1.56. The molecular weight excluding hydrogens is 262 g/mol. The van der Waals surface area contributed by atoms with Crippen LogP contribution in [-0.4, -0.2) is 26.3 Å². The summed E-state index contributed by atoms with van der Waals surface area (Å²) in [5.41, 5.74) is -0.361. The molecule has 0 saturated heterocycles. The molecule has 96 valence electrons. The average molecular weight is 272 g/mol. The molecule has 0 aliphatic rings. The highest BCUT2D eigenvalue weighted by molar-refractivity contribution is 7.56. The minimum Gasteiger partial charge on any atom is -0.386 e. The van der Waals surface area contributed by atoms with Gasteiger partial charge in [0.25, 0.3) is 5.56 Å². The highest BCUT2D eigenvalue weighted by atomic mass is 31.2. The molecule has 1 atom stereocenters. The summed E-state index contributed by atoms with van der Waals surface area (Å²) in [6.45, 7) is 0. The third kappa shape index (κ3) is 2.64. The SMILES string of the molecule is O=c1[nH]c(CP(=O)(O)CO)nc2ccc(F)cc12. The second kappa shape index (κ2) is 4.61. The van der Waals surface area contributed by atoms with Crippen molar-refractivity contribution in [1.82, 2.24) is 9.97 Å². The van der Waals surface area contributed by atoms with Gasteiger partial charge in [0, 0.05) is 0 Å². The second-order valence-electron chi connectivity index (χ2n) is 3.82. The van der Waals surface area contributed by atoms with E-state index in [-0.39, 0.29) is 16.7 Å². The molecule has 0 aliphatic heterocycles. The maximum absolute atomic E-state index is 12.9. The van der Waals surface area contributed by atoms with E-state index >= 15 is 0 Å². The molecule has 0 amide bonds. The van der Waals surface area contributed by atoms with Gasteiger partial charge in [-0.05, 0) is 18.2 Å². The van der Waals surface area contributed by atoms with Gasteiger partial charge in [0.15, 0.2) is 0 Å². The number of aromatic amines is 1. The predicted molar refractivity (Wildman–Crippen MR) is 62.9 cm³/mol. The fraction of sp³-hybridized carbons (Fsp3) is 0.200. The fourth-order valence-electron chi connectivity index (χ4n) is 1.52. The molecule has 0 saturated carbocycles. The van der Waals surface area contributed by atoms with Crippen LogP contribution in [-0.2, 0) is 10.7 Å². The Morgan fingerprint density at radius 1 is 1.44 bits per heavy atom. The van der Waals surface area contributed by atoms with Crippen molar-refractivity contribution >= 4 is 18.3 Å². The van der Waals surface area contributed by atoms with Gasteiger partial charge in [-0.25, -0.2) is 9.37 Å². The molecule has 1 heterocycles. The smallest absolute Gasteiger partial charge is 0.258 e. The number of hydrogen-bond donors (Lipinski definition) is 3. The molecule has 0 bridgehead atoms. The van der Waals surface area contributed by atoms with Gasteiger partial charge < -0.3 is 15.0 Å². The van der Waals surface area contributed by atoms with E-state index in [1.165, 1.54) is 6.07 Å². The number of rotatable bonds is 3. The third-order valence-electron chi connectivity index (χ3n) is 2.33. The number of fused-ring (bicyclic) bond motifs is 1. The lowest BCUT2D eigenvalue weighted by Gasteiger charge is -2.07. The second-order valence-corrected chi connectivity index (χ2v) is 6.11. The van der Waals surface area contributed by atoms with E-state index in [9.17, 15) is 18.6 Å². The van der Waals surface area contributed by atoms with Crippen molar-refractivity contribution < 1.29 is 19.0 Å². The lowest BCUT2D eigenvalue weighted by Crippen LogP contribution is -2.12. The molecule has 1 aromatic carbocycles. The molecule has 3 N–H and O–H groups in total. The first-order chi connectivity index (χ1) is 8.41. The van der Waals surface area contributed by atoms with Crippen LogP contribution < -0.4 is 5.56 Å². The van der Waals surface area contributed by atoms with Crippen molar-refractivity contribution in [3.8, 4) is 0 Å². The van der Waals surface area contributed by atoms with Crippen LogP contribution in [0.4, 0.5) is 4.39 Å². The van der Waals surface area contributed by atoms with E-state index in [1.807, 2.05) is 0 Å². The van der Waals surface area contributed by atoms with Gasteiger partial charge >= 0.3 is 0 Å². The van der Waals surface area contributed by atoms with Crippen LogP contribution in [0, 0.1) is 5.82 Å². The van der Waals surface area contributed by atoms with Crippen molar-refractivity contribution in [2.75, 3.05) is 6.35 Å². The fourth-order valence-corrected chi connectivity index (χ4v) is 2.24. The number of nitrogens with zero attached hydrogens (tertiary/aromatic N) is 1. The molecule has 6 nitrogen and oxygen atoms in total. The molecule has 0 radical (unpaired) electrons. The summed E-state index contributed by atoms with van der Waals surface area (Å²) in [5.74, 6) is -0.579. The third-order valence-corrected chi connectivity index (χ3v) is 3.57. The molecule has 2 aromatic rings. The Morgan fingerprint density at radius 2 is 2.17 bits per heavy atom. The molecule has 1 aromatic heterocycles. The van der Waals surface area contributed by atoms with Gasteiger partial charge in [0.2, 0.25) is 7.37 Å². The summed E-state index contributed by atoms with van der Waals surface area (Å²) < 4.78 is 24.3. The average Bonchev–Trinajstić information content (AvgIpc) is 2.30. The monoisotopic (exact) mass is 272 g/mol. The summed E-state index contributed by atoms with van der Waals surface area (Å²) >= 11 is 0. The van der Waals surface area contributed by atoms with Crippen LogP contribution in [0.1, 0.15) is 5.82 Å². The van der Waals surface area contributed by atoms with Crippen LogP contribution in [0.2, 0.25) is 0 Å². The van der Waals surface area contributed by atoms with E-state index in [4.69, 9.17) is 5.11 Å². The predicted octanol–water partition coefficient (Wildman–Crippen LogP) is 0.782. The number of aliphatic hydroxyl groups is 1. The first-order valence-electron chi connectivity index (χ1n) is 5.01. The van der Waals surface area contributed by atoms with Gasteiger partial charge in [0.1, 0.15) is 18.0 Å². The molecular formula is C10H10FN2O4P. The van der Waals surface area contributed by atoms with E-state index in [0.717, 1.165) is 12.1 Å². The van der Waals surface area contributed by atoms with Gasteiger partial charge in [-0.2, -0.15) is 0 Å². The lowest BCUT2D eigenvalue weighted by atomic mass is 10.2. The van der Waals surface area contributed by atoms with Crippen LogP contribution >= 0.6 is 7.37 Å². The van der Waals surface area contributed by atoms with E-state index in [0.29, 0.717) is 0 Å². The summed E-state index contributed by atoms with van der Waals surface area (Å²) in [6.07, 6.45) is -1.33. The molecule has 18 heavy (non-hydrogen) atoms. The number of aliphatic hydroxyl groups excluding tert-OH is 1. The minimum absolute atomic E-state index is 0.0148. The maximum Gasteiger partial charge on any atom is 0.258 e. The van der Waals surface area contributed by atoms with Crippen LogP contribution in [0.3, 0.4) is 0 Å². The van der Waals surface area contributed by atoms with E-state index in [1.54, 1.807) is 0 Å². The summed E-state index contributed by atoms with van der Waals surface area (Å²) in [4.78, 5) is 27.1. The van der Waals surface area contributed by atoms with E-state index < -0.39 is 31.3 Å². The van der Waals surface area contributed by atoms with Crippen molar-refractivity contribution in [1.29, 1.82) is 0 Å². The first kappa shape index (κ1) is 12.9. The Bertz CT molecular complexity index is 700. The van der Waals surface area contributed by atoms with Crippen molar-refractivity contribution in [2.24, 2.45) is 0 Å². The van der Waals surface area contributed by atoms with Crippen LogP contribution in [0.25, 0.3) is 10.9 Å². The number of nitrogens with one attached hydrogen (secondary N) is 1. The van der Waals surface area contributed by atoms with Crippen molar-refractivity contribution in [3.05, 3.63) is 40.2 Å². The molecule has 2 rings (SSSR count). The zero-order chi connectivity index (χ0) is 13.3. The number of hydrogen-bond acceptors (Lipinski definition) is 4. The molecule has 0 fully saturated rings. The van der Waals surface area contributed by atoms with Crippen molar-refractivity contribution in [2.45, 2.75) is 6.16 Å². The molecule has 1 unspecified atom stereocenters. The summed E-state index contributed by atoms with van der Waals surface area (Å²) in [5, 5.41) is 8.76. The highest BCUT2D eigenvalue weighted by Gasteiger charge is 2.19. The van der Waals surface area contributed by atoms with Gasteiger partial charge in [-0.1, -0.05) is 0 Å². The number of benzene rings is 1. The van der Waals surface area contributed by atoms with Gasteiger partial charge in [-0.15, -0.1) is 0 Å². The molecule has 8 heteroatoms. The zero-order valence-corrected chi connectivity index (χ0v) is 10.0. The molecule has 0 aliphatic carbocycles. The number of H-pyrrole nitrogens is 1. The highest BCUT2D eigenvalue weighted by Crippen LogP contribution is 2.41. The Balaban J connectivity index is 2.53. The topological polar surface area (TPSA) is 103 Å². The zero-order valence-electron chi connectivity index (χ0n) is 9.13. The van der Waals surface area contributed by atoms with Crippen molar-refractivity contribution in [3.63, 3.8) is 0 Å². The molecule has 0 spiro atoms. The largest absolute Gasteiger partial charge is 0.386 e. The van der Waals surface area contributed by atoms with Crippen LogP contribution in [0.15, 0.2) is 23.0 Å². The Labute approximate surface area is 101 Å². The van der Waals surface area contributed by atoms with Crippen LogP contribution in [0.5, 0.6) is 0 Å².